The van der Waals surface area contributed by atoms with Crippen molar-refractivity contribution in [2.75, 3.05) is 11.9 Å². The molecule has 0 radical (unpaired) electrons. The highest BCUT2D eigenvalue weighted by Crippen LogP contribution is 2.23. The van der Waals surface area contributed by atoms with E-state index in [0.29, 0.717) is 17.0 Å². The zero-order valence-electron chi connectivity index (χ0n) is 16.7. The van der Waals surface area contributed by atoms with E-state index in [4.69, 9.17) is 9.47 Å². The van der Waals surface area contributed by atoms with Crippen molar-refractivity contribution < 1.29 is 23.5 Å². The van der Waals surface area contributed by atoms with Crippen LogP contribution < -0.4 is 10.1 Å². The minimum absolute atomic E-state index is 0.324. The van der Waals surface area contributed by atoms with Crippen molar-refractivity contribution in [2.24, 2.45) is 0 Å². The molecule has 0 saturated carbocycles. The summed E-state index contributed by atoms with van der Waals surface area (Å²) in [5.41, 5.74) is 3.08. The molecule has 0 aliphatic carbocycles. The summed E-state index contributed by atoms with van der Waals surface area (Å²) < 4.78 is 23.7. The molecule has 0 aliphatic rings. The molecule has 0 aliphatic heterocycles. The Balaban J connectivity index is 1.72. The van der Waals surface area contributed by atoms with E-state index in [0.717, 1.165) is 11.1 Å². The fraction of sp³-hybridized carbons (Fsp3) is 0.167. The predicted molar refractivity (Wildman–Crippen MR) is 112 cm³/mol. The van der Waals surface area contributed by atoms with Crippen molar-refractivity contribution in [2.45, 2.75) is 20.0 Å². The van der Waals surface area contributed by atoms with Gasteiger partial charge in [0.05, 0.1) is 0 Å². The number of nitrogens with one attached hydrogen (secondary N) is 1. The van der Waals surface area contributed by atoms with Gasteiger partial charge >= 0.3 is 5.97 Å². The Morgan fingerprint density at radius 3 is 2.37 bits per heavy atom. The molecule has 1 amide bonds. The highest BCUT2D eigenvalue weighted by atomic mass is 19.1. The zero-order chi connectivity index (χ0) is 21.5. The lowest BCUT2D eigenvalue weighted by atomic mass is 10.1. The molecule has 0 spiro atoms. The lowest BCUT2D eigenvalue weighted by Gasteiger charge is -2.19. The van der Waals surface area contributed by atoms with E-state index in [-0.39, 0.29) is 0 Å². The highest BCUT2D eigenvalue weighted by Gasteiger charge is 2.25. The SMILES string of the molecule is Cc1ccc(C)c(NC(=O)[C@@H](OC(=O)COc2ccc(F)cc2)c2ccccc2)c1. The molecule has 6 heteroatoms. The van der Waals surface area contributed by atoms with Crippen LogP contribution in [-0.2, 0) is 14.3 Å². The van der Waals surface area contributed by atoms with Crippen LogP contribution in [0.2, 0.25) is 0 Å². The molecule has 0 fully saturated rings. The molecule has 0 unspecified atom stereocenters. The maximum atomic E-state index is 13.0. The van der Waals surface area contributed by atoms with Crippen molar-refractivity contribution in [3.8, 4) is 5.75 Å². The van der Waals surface area contributed by atoms with E-state index in [9.17, 15) is 14.0 Å². The molecule has 3 aromatic rings. The fourth-order valence-corrected chi connectivity index (χ4v) is 2.81. The quantitative estimate of drug-likeness (QED) is 0.575. The van der Waals surface area contributed by atoms with Crippen LogP contribution in [0.25, 0.3) is 0 Å². The van der Waals surface area contributed by atoms with Crippen LogP contribution in [0.15, 0.2) is 72.8 Å². The Morgan fingerprint density at radius 2 is 1.67 bits per heavy atom. The normalized spacial score (nSPS) is 11.4. The number of halogens is 1. The first-order chi connectivity index (χ1) is 14.4. The second kappa shape index (κ2) is 9.69. The van der Waals surface area contributed by atoms with Gasteiger partial charge in [-0.15, -0.1) is 0 Å². The third-order valence-corrected chi connectivity index (χ3v) is 4.41. The lowest BCUT2D eigenvalue weighted by molar-refractivity contribution is -0.156. The molecular weight excluding hydrogens is 385 g/mol. The first-order valence-corrected chi connectivity index (χ1v) is 9.43. The largest absolute Gasteiger partial charge is 0.482 e. The summed E-state index contributed by atoms with van der Waals surface area (Å²) in [6, 6.07) is 19.7. The van der Waals surface area contributed by atoms with Crippen molar-refractivity contribution in [3.05, 3.63) is 95.3 Å². The number of hydrogen-bond donors (Lipinski definition) is 1. The van der Waals surface area contributed by atoms with Crippen LogP contribution in [0.5, 0.6) is 5.75 Å². The topological polar surface area (TPSA) is 64.6 Å². The predicted octanol–water partition coefficient (Wildman–Crippen LogP) is 4.74. The molecule has 1 atom stereocenters. The number of carbonyl (C=O) groups is 2. The maximum Gasteiger partial charge on any atom is 0.345 e. The number of amides is 1. The second-order valence-corrected chi connectivity index (χ2v) is 6.83. The molecule has 30 heavy (non-hydrogen) atoms. The van der Waals surface area contributed by atoms with Crippen LogP contribution in [0, 0.1) is 19.7 Å². The van der Waals surface area contributed by atoms with E-state index < -0.39 is 30.4 Å². The van der Waals surface area contributed by atoms with E-state index in [2.05, 4.69) is 5.32 Å². The van der Waals surface area contributed by atoms with Crippen molar-refractivity contribution in [1.29, 1.82) is 0 Å². The average Bonchev–Trinajstić information content (AvgIpc) is 2.74. The van der Waals surface area contributed by atoms with Crippen LogP contribution in [0.4, 0.5) is 10.1 Å². The van der Waals surface area contributed by atoms with E-state index in [1.165, 1.54) is 24.3 Å². The molecule has 3 rings (SSSR count). The smallest absolute Gasteiger partial charge is 0.345 e. The highest BCUT2D eigenvalue weighted by molar-refractivity contribution is 5.96. The monoisotopic (exact) mass is 407 g/mol. The number of esters is 1. The maximum absolute atomic E-state index is 13.0. The number of benzene rings is 3. The molecule has 0 aromatic heterocycles. The lowest BCUT2D eigenvalue weighted by Crippen LogP contribution is -2.28. The summed E-state index contributed by atoms with van der Waals surface area (Å²) in [4.78, 5) is 25.3. The molecule has 0 heterocycles. The Bertz CT molecular complexity index is 1020. The third-order valence-electron chi connectivity index (χ3n) is 4.41. The summed E-state index contributed by atoms with van der Waals surface area (Å²) >= 11 is 0. The summed E-state index contributed by atoms with van der Waals surface area (Å²) in [6.45, 7) is 3.40. The van der Waals surface area contributed by atoms with Gasteiger partial charge in [0.2, 0.25) is 6.10 Å². The Kier molecular flexibility index (Phi) is 6.80. The van der Waals surface area contributed by atoms with Gasteiger partial charge < -0.3 is 14.8 Å². The van der Waals surface area contributed by atoms with Crippen LogP contribution in [0.3, 0.4) is 0 Å². The van der Waals surface area contributed by atoms with Gasteiger partial charge in [-0.1, -0.05) is 42.5 Å². The van der Waals surface area contributed by atoms with E-state index in [1.807, 2.05) is 38.1 Å². The van der Waals surface area contributed by atoms with E-state index >= 15 is 0 Å². The first kappa shape index (κ1) is 21.0. The first-order valence-electron chi connectivity index (χ1n) is 9.43. The molecular formula is C24H22FNO4. The number of ether oxygens (including phenoxy) is 2. The van der Waals surface area contributed by atoms with Gasteiger partial charge in [-0.05, 0) is 55.3 Å². The minimum atomic E-state index is -1.14. The number of carbonyl (C=O) groups excluding carboxylic acids is 2. The van der Waals surface area contributed by atoms with Crippen LogP contribution in [0.1, 0.15) is 22.8 Å². The Labute approximate surface area is 174 Å². The summed E-state index contributed by atoms with van der Waals surface area (Å²) in [5.74, 6) is -1.27. The van der Waals surface area contributed by atoms with Crippen LogP contribution in [-0.4, -0.2) is 18.5 Å². The number of anilines is 1. The molecule has 1 N–H and O–H groups in total. The van der Waals surface area contributed by atoms with Crippen LogP contribution >= 0.6 is 0 Å². The summed E-state index contributed by atoms with van der Waals surface area (Å²) in [6.07, 6.45) is -1.14. The summed E-state index contributed by atoms with van der Waals surface area (Å²) in [5, 5.41) is 2.84. The zero-order valence-corrected chi connectivity index (χ0v) is 16.7. The summed E-state index contributed by atoms with van der Waals surface area (Å²) in [7, 11) is 0. The van der Waals surface area contributed by atoms with Gasteiger partial charge in [-0.25, -0.2) is 9.18 Å². The Morgan fingerprint density at radius 1 is 0.967 bits per heavy atom. The number of aryl methyl sites for hydroxylation is 2. The van der Waals surface area contributed by atoms with Gasteiger partial charge in [0.1, 0.15) is 11.6 Å². The van der Waals surface area contributed by atoms with Gasteiger partial charge in [-0.2, -0.15) is 0 Å². The van der Waals surface area contributed by atoms with Gasteiger partial charge in [0, 0.05) is 11.3 Å². The second-order valence-electron chi connectivity index (χ2n) is 6.83. The number of hydrogen-bond acceptors (Lipinski definition) is 4. The molecule has 154 valence electrons. The van der Waals surface area contributed by atoms with Gasteiger partial charge in [-0.3, -0.25) is 4.79 Å². The van der Waals surface area contributed by atoms with E-state index in [1.54, 1.807) is 24.3 Å². The molecule has 0 bridgehead atoms. The molecule has 5 nitrogen and oxygen atoms in total. The molecule has 3 aromatic carbocycles. The molecule has 0 saturated heterocycles. The average molecular weight is 407 g/mol. The van der Waals surface area contributed by atoms with Gasteiger partial charge in [0.25, 0.3) is 5.91 Å². The minimum Gasteiger partial charge on any atom is -0.482 e. The number of rotatable bonds is 7. The van der Waals surface area contributed by atoms with Gasteiger partial charge in [0.15, 0.2) is 6.61 Å². The fourth-order valence-electron chi connectivity index (χ4n) is 2.81. The van der Waals surface area contributed by atoms with Crippen molar-refractivity contribution >= 4 is 17.6 Å². The Hall–Kier alpha value is -3.67. The van der Waals surface area contributed by atoms with Crippen molar-refractivity contribution in [1.82, 2.24) is 0 Å². The third kappa shape index (κ3) is 5.67. The standard InChI is InChI=1S/C24H22FNO4/c1-16-8-9-17(2)21(14-16)26-24(28)23(18-6-4-3-5-7-18)30-22(27)15-29-20-12-10-19(25)11-13-20/h3-14,23H,15H2,1-2H3,(H,26,28)/t23-/m0/s1. The van der Waals surface area contributed by atoms with Crippen molar-refractivity contribution in [3.63, 3.8) is 0 Å².